The number of carbonyl (C=O) groups is 3. The normalized spacial score (nSPS) is 21.7. The minimum Gasteiger partial charge on any atom is -0.543 e. The molecule has 0 radical (unpaired) electrons. The van der Waals surface area contributed by atoms with E-state index in [0.717, 1.165) is 16.2 Å². The second-order valence-electron chi connectivity index (χ2n) is 4.95. The van der Waals surface area contributed by atoms with Gasteiger partial charge in [0, 0.05) is 11.1 Å². The van der Waals surface area contributed by atoms with E-state index in [4.69, 9.17) is 5.73 Å². The van der Waals surface area contributed by atoms with Gasteiger partial charge in [-0.1, -0.05) is 5.16 Å². The monoisotopic (exact) mass is 405 g/mol. The number of thioether (sulfide) groups is 1. The number of carboxylic acids is 1. The van der Waals surface area contributed by atoms with E-state index in [9.17, 15) is 19.5 Å². The first-order valence-electron chi connectivity index (χ1n) is 6.93. The summed E-state index contributed by atoms with van der Waals surface area (Å²) < 4.78 is 0. The number of nitrogen functional groups attached to an aromatic ring is 1. The molecule has 26 heavy (non-hydrogen) atoms. The van der Waals surface area contributed by atoms with Crippen molar-refractivity contribution in [2.24, 2.45) is 5.16 Å². The number of carbonyl (C=O) groups excluding carboxylic acids is 3. The van der Waals surface area contributed by atoms with Crippen molar-refractivity contribution >= 4 is 51.7 Å². The van der Waals surface area contributed by atoms with Gasteiger partial charge in [-0.25, -0.2) is 4.98 Å². The van der Waals surface area contributed by atoms with E-state index in [1.165, 1.54) is 30.3 Å². The van der Waals surface area contributed by atoms with Crippen molar-refractivity contribution in [3.8, 4) is 0 Å². The van der Waals surface area contributed by atoms with Crippen LogP contribution >= 0.6 is 23.1 Å². The van der Waals surface area contributed by atoms with E-state index in [1.54, 1.807) is 0 Å². The largest absolute Gasteiger partial charge is 1.00 e. The van der Waals surface area contributed by atoms with Crippen LogP contribution in [0.2, 0.25) is 0 Å². The minimum absolute atomic E-state index is 0. The molecule has 0 aliphatic carbocycles. The molecule has 0 bridgehead atoms. The summed E-state index contributed by atoms with van der Waals surface area (Å²) in [5.41, 5.74) is 5.46. The molecule has 0 spiro atoms. The first-order chi connectivity index (χ1) is 11.9. The molecule has 3 heterocycles. The average molecular weight is 405 g/mol. The molecule has 3 rings (SSSR count). The number of thiazole rings is 1. The van der Waals surface area contributed by atoms with E-state index in [-0.39, 0.29) is 51.8 Å². The van der Waals surface area contributed by atoms with Crippen LogP contribution in [0.25, 0.3) is 0 Å². The van der Waals surface area contributed by atoms with Crippen molar-refractivity contribution in [2.45, 2.75) is 11.4 Å². The molecule has 0 saturated carbocycles. The molecule has 0 aromatic carbocycles. The third-order valence-electron chi connectivity index (χ3n) is 3.50. The number of anilines is 1. The summed E-state index contributed by atoms with van der Waals surface area (Å²) in [7, 11) is 1.27. The molecule has 13 heteroatoms. The number of aliphatic carboxylic acids is 1. The predicted molar refractivity (Wildman–Crippen MR) is 88.2 cm³/mol. The molecular formula is C13H12N5NaO5S2. The molecule has 1 aromatic rings. The first kappa shape index (κ1) is 20.7. The van der Waals surface area contributed by atoms with Gasteiger partial charge in [0.15, 0.2) is 10.8 Å². The van der Waals surface area contributed by atoms with Gasteiger partial charge in [0.1, 0.15) is 24.2 Å². The van der Waals surface area contributed by atoms with Crippen molar-refractivity contribution in [3.63, 3.8) is 0 Å². The maximum Gasteiger partial charge on any atom is 1.00 e. The number of nitrogens with one attached hydrogen (secondary N) is 1. The van der Waals surface area contributed by atoms with Crippen LogP contribution in [0.4, 0.5) is 5.13 Å². The van der Waals surface area contributed by atoms with Crippen molar-refractivity contribution in [3.05, 3.63) is 22.8 Å². The Balaban J connectivity index is 0.00000243. The molecule has 2 aliphatic heterocycles. The number of nitrogens with two attached hydrogens (primary N) is 1. The van der Waals surface area contributed by atoms with Crippen molar-refractivity contribution in [1.82, 2.24) is 15.2 Å². The molecule has 10 nitrogen and oxygen atoms in total. The number of hydrogen-bond acceptors (Lipinski definition) is 10. The smallest absolute Gasteiger partial charge is 0.543 e. The van der Waals surface area contributed by atoms with Crippen molar-refractivity contribution < 1.29 is 53.9 Å². The summed E-state index contributed by atoms with van der Waals surface area (Å²) in [5.74, 6) is -2.24. The zero-order chi connectivity index (χ0) is 18.1. The zero-order valence-corrected chi connectivity index (χ0v) is 17.4. The molecule has 2 atom stereocenters. The van der Waals surface area contributed by atoms with Crippen LogP contribution in [0, 0.1) is 0 Å². The summed E-state index contributed by atoms with van der Waals surface area (Å²) in [6.45, 7) is 0. The average Bonchev–Trinajstić information content (AvgIpc) is 3.02. The number of carboxylic acid groups (broad SMARTS) is 1. The first-order valence-corrected chi connectivity index (χ1v) is 8.86. The number of oxime groups is 1. The number of fused-ring (bicyclic) bond motifs is 1. The predicted octanol–water partition coefficient (Wildman–Crippen LogP) is -4.89. The van der Waals surface area contributed by atoms with E-state index in [2.05, 4.69) is 20.3 Å². The molecule has 1 fully saturated rings. The molecule has 2 amide bonds. The Morgan fingerprint density at radius 1 is 1.54 bits per heavy atom. The van der Waals surface area contributed by atoms with Gasteiger partial charge in [0.05, 0.1) is 11.7 Å². The number of nitrogens with zero attached hydrogens (tertiary/aromatic N) is 3. The summed E-state index contributed by atoms with van der Waals surface area (Å²) in [6, 6.07) is -0.876. The number of β-lactam (4-membered cyclic amide) rings is 1. The Morgan fingerprint density at radius 3 is 2.85 bits per heavy atom. The van der Waals surface area contributed by atoms with Crippen LogP contribution in [0.3, 0.4) is 0 Å². The second kappa shape index (κ2) is 8.39. The fraction of sp³-hybridized carbons (Fsp3) is 0.308. The van der Waals surface area contributed by atoms with Gasteiger partial charge in [-0.15, -0.1) is 23.1 Å². The van der Waals surface area contributed by atoms with Crippen LogP contribution in [0.5, 0.6) is 0 Å². The molecule has 1 aromatic heterocycles. The topological polar surface area (TPSA) is 150 Å². The summed E-state index contributed by atoms with van der Waals surface area (Å²) in [4.78, 5) is 45.5. The fourth-order valence-electron chi connectivity index (χ4n) is 2.43. The van der Waals surface area contributed by atoms with Gasteiger partial charge in [-0.3, -0.25) is 14.5 Å². The fourth-order valence-corrected chi connectivity index (χ4v) is 4.17. The van der Waals surface area contributed by atoms with E-state index in [1.807, 2.05) is 0 Å². The Hall–Kier alpha value is -1.60. The Kier molecular flexibility index (Phi) is 6.69. The molecule has 3 N–H and O–H groups in total. The molecule has 132 valence electrons. The molecule has 1 saturated heterocycles. The van der Waals surface area contributed by atoms with Crippen LogP contribution in [0.15, 0.2) is 22.3 Å². The third kappa shape index (κ3) is 3.74. The van der Waals surface area contributed by atoms with Gasteiger partial charge >= 0.3 is 29.6 Å². The van der Waals surface area contributed by atoms with Gasteiger partial charge < -0.3 is 25.8 Å². The summed E-state index contributed by atoms with van der Waals surface area (Å²) >= 11 is 2.46. The van der Waals surface area contributed by atoms with Crippen molar-refractivity contribution in [1.29, 1.82) is 0 Å². The van der Waals surface area contributed by atoms with E-state index in [0.29, 0.717) is 5.75 Å². The molecule has 1 unspecified atom stereocenters. The second-order valence-corrected chi connectivity index (χ2v) is 6.99. The maximum atomic E-state index is 12.5. The van der Waals surface area contributed by atoms with Gasteiger partial charge in [0.2, 0.25) is 0 Å². The SMILES string of the molecule is CO/N=C(/C(=O)N[C@@H]1C(=O)N2C(C(=O)[O-])=CCSC12)c1csc(N)n1.[Na+]. The van der Waals surface area contributed by atoms with Gasteiger partial charge in [0.25, 0.3) is 11.8 Å². The van der Waals surface area contributed by atoms with Gasteiger partial charge in [-0.2, -0.15) is 0 Å². The Bertz CT molecular complexity index is 811. The van der Waals surface area contributed by atoms with Crippen LogP contribution in [-0.4, -0.2) is 57.7 Å². The number of rotatable bonds is 5. The van der Waals surface area contributed by atoms with Gasteiger partial charge in [-0.05, 0) is 6.08 Å². The van der Waals surface area contributed by atoms with Crippen LogP contribution < -0.4 is 45.7 Å². The molecular weight excluding hydrogens is 393 g/mol. The molecule has 2 aliphatic rings. The van der Waals surface area contributed by atoms with Crippen LogP contribution in [-0.2, 0) is 19.2 Å². The van der Waals surface area contributed by atoms with E-state index >= 15 is 0 Å². The Labute approximate surface area is 178 Å². The Morgan fingerprint density at radius 2 is 2.27 bits per heavy atom. The number of hydrogen-bond donors (Lipinski definition) is 2. The third-order valence-corrected chi connectivity index (χ3v) is 5.36. The van der Waals surface area contributed by atoms with Crippen molar-refractivity contribution in [2.75, 3.05) is 18.6 Å². The zero-order valence-electron chi connectivity index (χ0n) is 13.8. The quantitative estimate of drug-likeness (QED) is 0.214. The summed E-state index contributed by atoms with van der Waals surface area (Å²) in [6.07, 6.45) is 1.41. The maximum absolute atomic E-state index is 12.5. The number of aromatic nitrogens is 1. The van der Waals surface area contributed by atoms with Crippen LogP contribution in [0.1, 0.15) is 5.69 Å². The summed E-state index contributed by atoms with van der Waals surface area (Å²) in [5, 5.41) is 18.5. The number of amides is 2. The standard InChI is InChI=1S/C13H13N5O5S2.Na/c1-23-17-7(5-4-25-13(14)15-5)9(19)16-8-10(20)18-6(12(21)22)2-3-24-11(8)18;/h2,4,8,11H,3H2,1H3,(H2,14,15)(H,16,19)(H,21,22);/q;+1/p-1/b17-7+;/t8-,11?;/m1./s1. The van der Waals surface area contributed by atoms with E-state index < -0.39 is 29.2 Å². The minimum atomic E-state index is -1.43.